The normalized spacial score (nSPS) is 35.0. The van der Waals surface area contributed by atoms with Gasteiger partial charge in [-0.05, 0) is 19.8 Å². The molecular weight excluding hydrogens is 188 g/mol. The van der Waals surface area contributed by atoms with Gasteiger partial charge in [0.05, 0.1) is 6.10 Å². The number of likely N-dealkylation sites (tertiary alicyclic amines) is 2. The highest BCUT2D eigenvalue weighted by molar-refractivity contribution is 4.94. The third-order valence-electron chi connectivity index (χ3n) is 4.01. The number of hydrogen-bond donors (Lipinski definition) is 0. The number of hydrogen-bond acceptors (Lipinski definition) is 3. The first-order chi connectivity index (χ1) is 7.11. The van der Waals surface area contributed by atoms with Crippen molar-refractivity contribution in [2.75, 3.05) is 33.3 Å². The molecule has 0 aromatic rings. The van der Waals surface area contributed by atoms with Gasteiger partial charge < -0.3 is 4.74 Å². The lowest BCUT2D eigenvalue weighted by Crippen LogP contribution is -2.60. The monoisotopic (exact) mass is 212 g/mol. The van der Waals surface area contributed by atoms with Crippen molar-refractivity contribution in [1.82, 2.24) is 9.80 Å². The summed E-state index contributed by atoms with van der Waals surface area (Å²) in [5.41, 5.74) is 0. The number of nitrogens with zero attached hydrogens (tertiary/aromatic N) is 2. The first kappa shape index (κ1) is 11.4. The highest BCUT2D eigenvalue weighted by Crippen LogP contribution is 2.25. The minimum atomic E-state index is 0.457. The van der Waals surface area contributed by atoms with Crippen molar-refractivity contribution in [3.8, 4) is 0 Å². The first-order valence-electron chi connectivity index (χ1n) is 6.12. The van der Waals surface area contributed by atoms with Crippen LogP contribution in [-0.4, -0.2) is 61.3 Å². The van der Waals surface area contributed by atoms with Crippen molar-refractivity contribution >= 4 is 0 Å². The Labute approximate surface area is 93.4 Å². The van der Waals surface area contributed by atoms with Crippen LogP contribution >= 0.6 is 0 Å². The second-order valence-electron chi connectivity index (χ2n) is 5.41. The fourth-order valence-corrected chi connectivity index (χ4v) is 2.72. The average molecular weight is 212 g/mol. The zero-order valence-electron chi connectivity index (χ0n) is 10.4. The number of methoxy groups -OCH3 is 1. The van der Waals surface area contributed by atoms with E-state index in [-0.39, 0.29) is 0 Å². The molecule has 0 aromatic carbocycles. The minimum Gasteiger partial charge on any atom is -0.380 e. The molecule has 2 saturated heterocycles. The minimum absolute atomic E-state index is 0.457. The van der Waals surface area contributed by atoms with Crippen LogP contribution < -0.4 is 0 Å². The molecule has 2 atom stereocenters. The second-order valence-corrected chi connectivity index (χ2v) is 5.41. The van der Waals surface area contributed by atoms with E-state index in [9.17, 15) is 0 Å². The second kappa shape index (κ2) is 4.40. The van der Waals surface area contributed by atoms with Crippen LogP contribution in [0.4, 0.5) is 0 Å². The van der Waals surface area contributed by atoms with Gasteiger partial charge in [0.15, 0.2) is 0 Å². The van der Waals surface area contributed by atoms with E-state index in [1.807, 2.05) is 7.11 Å². The molecule has 15 heavy (non-hydrogen) atoms. The molecule has 0 unspecified atom stereocenters. The summed E-state index contributed by atoms with van der Waals surface area (Å²) >= 11 is 0. The van der Waals surface area contributed by atoms with Crippen molar-refractivity contribution in [3.05, 3.63) is 0 Å². The van der Waals surface area contributed by atoms with E-state index in [0.29, 0.717) is 18.1 Å². The Kier molecular flexibility index (Phi) is 3.33. The lowest BCUT2D eigenvalue weighted by atomic mass is 10.1. The van der Waals surface area contributed by atoms with E-state index in [4.69, 9.17) is 4.74 Å². The van der Waals surface area contributed by atoms with Crippen LogP contribution in [0, 0.1) is 5.92 Å². The standard InChI is InChI=1S/C12H24N2O/c1-9(2)13-6-11(7-13)14-5-10(3)12(8-14)15-4/h9-12H,5-8H2,1-4H3/t10-,12+/m1/s1. The molecule has 2 aliphatic rings. The number of ether oxygens (including phenoxy) is 1. The molecule has 88 valence electrons. The molecule has 0 saturated carbocycles. The third kappa shape index (κ3) is 2.19. The fraction of sp³-hybridized carbons (Fsp3) is 1.00. The van der Waals surface area contributed by atoms with Gasteiger partial charge in [0.2, 0.25) is 0 Å². The summed E-state index contributed by atoms with van der Waals surface area (Å²) in [5, 5.41) is 0. The molecule has 2 heterocycles. The van der Waals surface area contributed by atoms with Crippen LogP contribution in [0.15, 0.2) is 0 Å². The summed E-state index contributed by atoms with van der Waals surface area (Å²) in [5.74, 6) is 0.697. The van der Waals surface area contributed by atoms with E-state index in [1.54, 1.807) is 0 Å². The van der Waals surface area contributed by atoms with Crippen molar-refractivity contribution in [3.63, 3.8) is 0 Å². The predicted molar refractivity (Wildman–Crippen MR) is 62.0 cm³/mol. The molecule has 0 N–H and O–H groups in total. The zero-order chi connectivity index (χ0) is 11.0. The first-order valence-corrected chi connectivity index (χ1v) is 6.12. The van der Waals surface area contributed by atoms with Crippen molar-refractivity contribution < 1.29 is 4.74 Å². The Hall–Kier alpha value is -0.120. The van der Waals surface area contributed by atoms with E-state index in [0.717, 1.165) is 12.6 Å². The van der Waals surface area contributed by atoms with Gasteiger partial charge in [-0.15, -0.1) is 0 Å². The Balaban J connectivity index is 1.79. The molecule has 0 aliphatic carbocycles. The summed E-state index contributed by atoms with van der Waals surface area (Å²) in [6, 6.07) is 1.49. The van der Waals surface area contributed by atoms with Gasteiger partial charge in [0, 0.05) is 45.4 Å². The molecule has 2 fully saturated rings. The van der Waals surface area contributed by atoms with Gasteiger partial charge >= 0.3 is 0 Å². The van der Waals surface area contributed by atoms with Crippen molar-refractivity contribution in [2.24, 2.45) is 5.92 Å². The molecule has 3 nitrogen and oxygen atoms in total. The quantitative estimate of drug-likeness (QED) is 0.695. The summed E-state index contributed by atoms with van der Waals surface area (Å²) in [6.07, 6.45) is 0.457. The van der Waals surface area contributed by atoms with Gasteiger partial charge in [0.25, 0.3) is 0 Å². The average Bonchev–Trinajstić information content (AvgIpc) is 2.43. The van der Waals surface area contributed by atoms with E-state index < -0.39 is 0 Å². The van der Waals surface area contributed by atoms with Crippen LogP contribution in [-0.2, 0) is 4.74 Å². The van der Waals surface area contributed by atoms with Crippen LogP contribution in [0.2, 0.25) is 0 Å². The molecule has 3 heteroatoms. The van der Waals surface area contributed by atoms with Crippen molar-refractivity contribution in [2.45, 2.75) is 39.0 Å². The Morgan fingerprint density at radius 2 is 1.80 bits per heavy atom. The molecular formula is C12H24N2O. The maximum atomic E-state index is 5.49. The maximum Gasteiger partial charge on any atom is 0.0735 e. The summed E-state index contributed by atoms with van der Waals surface area (Å²) < 4.78 is 5.49. The van der Waals surface area contributed by atoms with Gasteiger partial charge in [-0.25, -0.2) is 0 Å². The van der Waals surface area contributed by atoms with E-state index in [2.05, 4.69) is 30.6 Å². The third-order valence-corrected chi connectivity index (χ3v) is 4.01. The number of rotatable bonds is 3. The van der Waals surface area contributed by atoms with E-state index >= 15 is 0 Å². The Morgan fingerprint density at radius 3 is 2.27 bits per heavy atom. The van der Waals surface area contributed by atoms with Crippen molar-refractivity contribution in [1.29, 1.82) is 0 Å². The molecule has 0 bridgehead atoms. The summed E-state index contributed by atoms with van der Waals surface area (Å²) in [4.78, 5) is 5.15. The summed E-state index contributed by atoms with van der Waals surface area (Å²) in [6.45, 7) is 11.7. The van der Waals surface area contributed by atoms with Gasteiger partial charge in [0.1, 0.15) is 0 Å². The van der Waals surface area contributed by atoms with Crippen LogP contribution in [0.1, 0.15) is 20.8 Å². The van der Waals surface area contributed by atoms with Crippen LogP contribution in [0.25, 0.3) is 0 Å². The topological polar surface area (TPSA) is 15.7 Å². The zero-order valence-corrected chi connectivity index (χ0v) is 10.4. The van der Waals surface area contributed by atoms with Crippen LogP contribution in [0.3, 0.4) is 0 Å². The lowest BCUT2D eigenvalue weighted by Gasteiger charge is -2.46. The van der Waals surface area contributed by atoms with Gasteiger partial charge in [-0.2, -0.15) is 0 Å². The van der Waals surface area contributed by atoms with Gasteiger partial charge in [-0.1, -0.05) is 6.92 Å². The molecule has 0 radical (unpaired) electrons. The molecule has 2 rings (SSSR count). The van der Waals surface area contributed by atoms with Gasteiger partial charge in [-0.3, -0.25) is 9.80 Å². The SMILES string of the molecule is CO[C@H]1CN(C2CN(C(C)C)C2)C[C@H]1C. The molecule has 0 aromatic heterocycles. The predicted octanol–water partition coefficient (Wildman–Crippen LogP) is 1.05. The highest BCUT2D eigenvalue weighted by Gasteiger charge is 2.39. The van der Waals surface area contributed by atoms with E-state index in [1.165, 1.54) is 19.6 Å². The molecule has 0 amide bonds. The maximum absolute atomic E-state index is 5.49. The Bertz CT molecular complexity index is 214. The Morgan fingerprint density at radius 1 is 1.13 bits per heavy atom. The van der Waals surface area contributed by atoms with Crippen LogP contribution in [0.5, 0.6) is 0 Å². The largest absolute Gasteiger partial charge is 0.380 e. The lowest BCUT2D eigenvalue weighted by molar-refractivity contribution is 0.0158. The molecule has 0 spiro atoms. The summed E-state index contributed by atoms with van der Waals surface area (Å²) in [7, 11) is 1.84. The smallest absolute Gasteiger partial charge is 0.0735 e. The fourth-order valence-electron chi connectivity index (χ4n) is 2.72. The highest BCUT2D eigenvalue weighted by atomic mass is 16.5. The molecule has 2 aliphatic heterocycles.